The van der Waals surface area contributed by atoms with Crippen molar-refractivity contribution in [2.75, 3.05) is 12.0 Å². The first-order valence-corrected chi connectivity index (χ1v) is 8.21. The van der Waals surface area contributed by atoms with Crippen LogP contribution >= 0.6 is 0 Å². The lowest BCUT2D eigenvalue weighted by Crippen LogP contribution is -2.40. The Morgan fingerprint density at radius 3 is 2.80 bits per heavy atom. The van der Waals surface area contributed by atoms with Crippen molar-refractivity contribution in [1.82, 2.24) is 4.98 Å². The fourth-order valence-corrected chi connectivity index (χ4v) is 3.51. The van der Waals surface area contributed by atoms with E-state index in [4.69, 9.17) is 4.74 Å². The first kappa shape index (κ1) is 15.4. The van der Waals surface area contributed by atoms with Gasteiger partial charge in [0.15, 0.2) is 0 Å². The smallest absolute Gasteiger partial charge is 0.299 e. The molecular formula is C20H18N2O3. The Morgan fingerprint density at radius 1 is 1.20 bits per heavy atom. The van der Waals surface area contributed by atoms with Crippen molar-refractivity contribution in [3.05, 3.63) is 59.8 Å². The number of para-hydroxylation sites is 1. The molecule has 4 rings (SSSR count). The van der Waals surface area contributed by atoms with Gasteiger partial charge in [-0.1, -0.05) is 18.2 Å². The molecule has 1 aliphatic heterocycles. The third-order valence-corrected chi connectivity index (χ3v) is 4.75. The molecule has 0 saturated carbocycles. The Labute approximate surface area is 145 Å². The van der Waals surface area contributed by atoms with Crippen LogP contribution in [0.15, 0.2) is 48.7 Å². The fourth-order valence-electron chi connectivity index (χ4n) is 3.51. The van der Waals surface area contributed by atoms with Gasteiger partial charge in [0, 0.05) is 28.8 Å². The number of aromatic amines is 1. The zero-order valence-corrected chi connectivity index (χ0v) is 14.1. The van der Waals surface area contributed by atoms with Gasteiger partial charge in [-0.3, -0.25) is 9.59 Å². The summed E-state index contributed by atoms with van der Waals surface area (Å²) in [4.78, 5) is 30.5. The number of ether oxygens (including phenoxy) is 1. The second-order valence-corrected chi connectivity index (χ2v) is 6.30. The summed E-state index contributed by atoms with van der Waals surface area (Å²) in [6.07, 6.45) is 2.36. The highest BCUT2D eigenvalue weighted by Crippen LogP contribution is 2.33. The predicted molar refractivity (Wildman–Crippen MR) is 96.3 cm³/mol. The van der Waals surface area contributed by atoms with Crippen molar-refractivity contribution < 1.29 is 14.3 Å². The van der Waals surface area contributed by atoms with E-state index in [1.165, 1.54) is 0 Å². The number of rotatable bonds is 3. The molecule has 5 nitrogen and oxygen atoms in total. The van der Waals surface area contributed by atoms with Gasteiger partial charge < -0.3 is 14.6 Å². The summed E-state index contributed by atoms with van der Waals surface area (Å²) in [7, 11) is 1.57. The highest BCUT2D eigenvalue weighted by molar-refractivity contribution is 6.49. The van der Waals surface area contributed by atoms with Gasteiger partial charge in [0.2, 0.25) is 0 Å². The molecule has 1 atom stereocenters. The number of nitrogens with one attached hydrogen (secondary N) is 1. The van der Waals surface area contributed by atoms with Crippen molar-refractivity contribution in [1.29, 1.82) is 0 Å². The molecule has 1 amide bonds. The van der Waals surface area contributed by atoms with Gasteiger partial charge in [-0.05, 0) is 43.2 Å². The molecule has 0 spiro atoms. The monoisotopic (exact) mass is 334 g/mol. The van der Waals surface area contributed by atoms with Gasteiger partial charge in [-0.2, -0.15) is 0 Å². The zero-order chi connectivity index (χ0) is 17.6. The SMILES string of the molecule is COc1ccc2[nH]cc(C(=O)C(=O)N3c4ccccc4CC3C)c2c1. The maximum atomic E-state index is 12.9. The zero-order valence-electron chi connectivity index (χ0n) is 14.1. The molecule has 1 aromatic heterocycles. The second-order valence-electron chi connectivity index (χ2n) is 6.30. The van der Waals surface area contributed by atoms with Gasteiger partial charge in [0.25, 0.3) is 11.7 Å². The molecule has 1 N–H and O–H groups in total. The van der Waals surface area contributed by atoms with Crippen molar-refractivity contribution in [2.24, 2.45) is 0 Å². The summed E-state index contributed by atoms with van der Waals surface area (Å²) >= 11 is 0. The Bertz CT molecular complexity index is 990. The summed E-state index contributed by atoms with van der Waals surface area (Å²) in [5.74, 6) is -0.363. The van der Waals surface area contributed by atoms with E-state index in [2.05, 4.69) is 4.98 Å². The average molecular weight is 334 g/mol. The third kappa shape index (κ3) is 2.39. The van der Waals surface area contributed by atoms with Crippen molar-refractivity contribution in [2.45, 2.75) is 19.4 Å². The number of fused-ring (bicyclic) bond motifs is 2. The first-order chi connectivity index (χ1) is 12.1. The summed E-state index contributed by atoms with van der Waals surface area (Å²) in [6, 6.07) is 13.1. The largest absolute Gasteiger partial charge is 0.497 e. The summed E-state index contributed by atoms with van der Waals surface area (Å²) in [5.41, 5.74) is 3.09. The molecule has 0 fully saturated rings. The molecule has 2 heterocycles. The van der Waals surface area contributed by atoms with Gasteiger partial charge in [0.1, 0.15) is 5.75 Å². The summed E-state index contributed by atoms with van der Waals surface area (Å²) < 4.78 is 5.23. The Morgan fingerprint density at radius 2 is 2.00 bits per heavy atom. The standard InChI is InChI=1S/C20H18N2O3/c1-12-9-13-5-3-4-6-18(13)22(12)20(24)19(23)16-11-21-17-8-7-14(25-2)10-15(16)17/h3-8,10-12,21H,9H2,1-2H3. The third-order valence-electron chi connectivity index (χ3n) is 4.75. The van der Waals surface area contributed by atoms with E-state index in [-0.39, 0.29) is 6.04 Å². The van der Waals surface area contributed by atoms with Crippen LogP contribution in [0, 0.1) is 0 Å². The number of H-pyrrole nitrogens is 1. The van der Waals surface area contributed by atoms with Crippen molar-refractivity contribution in [3.8, 4) is 5.75 Å². The number of ketones is 1. The number of carbonyl (C=O) groups is 2. The molecule has 1 aliphatic rings. The molecule has 0 bridgehead atoms. The number of Topliss-reactive ketones (excluding diaryl/α,β-unsaturated/α-hetero) is 1. The van der Waals surface area contributed by atoms with Crippen LogP contribution in [-0.4, -0.2) is 29.8 Å². The van der Waals surface area contributed by atoms with E-state index in [9.17, 15) is 9.59 Å². The highest BCUT2D eigenvalue weighted by Gasteiger charge is 2.35. The Hall–Kier alpha value is -3.08. The van der Waals surface area contributed by atoms with Crippen molar-refractivity contribution in [3.63, 3.8) is 0 Å². The number of carbonyl (C=O) groups excluding carboxylic acids is 2. The molecule has 0 saturated heterocycles. The van der Waals surface area contributed by atoms with Crippen LogP contribution in [-0.2, 0) is 11.2 Å². The second kappa shape index (κ2) is 5.77. The quantitative estimate of drug-likeness (QED) is 0.590. The van der Waals surface area contributed by atoms with E-state index >= 15 is 0 Å². The normalized spacial score (nSPS) is 16.1. The number of aromatic nitrogens is 1. The molecule has 25 heavy (non-hydrogen) atoms. The average Bonchev–Trinajstić information content (AvgIpc) is 3.19. The van der Waals surface area contributed by atoms with Crippen LogP contribution in [0.25, 0.3) is 10.9 Å². The molecular weight excluding hydrogens is 316 g/mol. The number of nitrogens with zero attached hydrogens (tertiary/aromatic N) is 1. The molecule has 1 unspecified atom stereocenters. The van der Waals surface area contributed by atoms with Gasteiger partial charge >= 0.3 is 0 Å². The van der Waals surface area contributed by atoms with Gasteiger partial charge in [-0.25, -0.2) is 0 Å². The molecule has 2 aromatic carbocycles. The van der Waals surface area contributed by atoms with Crippen molar-refractivity contribution >= 4 is 28.3 Å². The van der Waals surface area contributed by atoms with E-state index in [0.29, 0.717) is 16.7 Å². The highest BCUT2D eigenvalue weighted by atomic mass is 16.5. The van der Waals surface area contributed by atoms with Gasteiger partial charge in [-0.15, -0.1) is 0 Å². The summed E-state index contributed by atoms with van der Waals surface area (Å²) in [5, 5.41) is 0.692. The Kier molecular flexibility index (Phi) is 3.57. The fraction of sp³-hybridized carbons (Fsp3) is 0.200. The lowest BCUT2D eigenvalue weighted by atomic mass is 10.1. The maximum absolute atomic E-state index is 12.9. The van der Waals surface area contributed by atoms with Crippen LogP contribution < -0.4 is 9.64 Å². The van der Waals surface area contributed by atoms with Crippen LogP contribution in [0.3, 0.4) is 0 Å². The first-order valence-electron chi connectivity index (χ1n) is 8.21. The van der Waals surface area contributed by atoms with Crippen LogP contribution in [0.4, 0.5) is 5.69 Å². The lowest BCUT2D eigenvalue weighted by molar-refractivity contribution is -0.114. The van der Waals surface area contributed by atoms with Crippen LogP contribution in [0.2, 0.25) is 0 Å². The number of hydrogen-bond donors (Lipinski definition) is 1. The minimum absolute atomic E-state index is 0.0337. The minimum atomic E-state index is -0.511. The molecule has 0 radical (unpaired) electrons. The van der Waals surface area contributed by atoms with E-state index in [1.807, 2.05) is 43.3 Å². The van der Waals surface area contributed by atoms with Gasteiger partial charge in [0.05, 0.1) is 12.7 Å². The number of hydrogen-bond acceptors (Lipinski definition) is 3. The molecule has 3 aromatic rings. The molecule has 126 valence electrons. The minimum Gasteiger partial charge on any atom is -0.497 e. The number of benzene rings is 2. The number of anilines is 1. The summed E-state index contributed by atoms with van der Waals surface area (Å²) in [6.45, 7) is 1.96. The topological polar surface area (TPSA) is 62.4 Å². The molecule has 5 heteroatoms. The van der Waals surface area contributed by atoms with E-state index < -0.39 is 11.7 Å². The number of amides is 1. The number of methoxy groups -OCH3 is 1. The molecule has 0 aliphatic carbocycles. The van der Waals surface area contributed by atoms with E-state index in [1.54, 1.807) is 24.3 Å². The lowest BCUT2D eigenvalue weighted by Gasteiger charge is -2.21. The maximum Gasteiger partial charge on any atom is 0.299 e. The Balaban J connectivity index is 1.73. The van der Waals surface area contributed by atoms with Crippen LogP contribution in [0.1, 0.15) is 22.8 Å². The van der Waals surface area contributed by atoms with E-state index in [0.717, 1.165) is 23.2 Å². The van der Waals surface area contributed by atoms with Crippen LogP contribution in [0.5, 0.6) is 5.75 Å². The predicted octanol–water partition coefficient (Wildman–Crippen LogP) is 3.34.